The fourth-order valence-corrected chi connectivity index (χ4v) is 7.79. The summed E-state index contributed by atoms with van der Waals surface area (Å²) >= 11 is 13.3. The molecule has 0 spiro atoms. The van der Waals surface area contributed by atoms with E-state index in [0.717, 1.165) is 21.2 Å². The van der Waals surface area contributed by atoms with Crippen molar-refractivity contribution >= 4 is 59.7 Å². The van der Waals surface area contributed by atoms with E-state index in [2.05, 4.69) is 91.0 Å². The highest BCUT2D eigenvalue weighted by Gasteiger charge is 2.29. The molecule has 29 heavy (non-hydrogen) atoms. The largest absolute Gasteiger partial charge is 0.157 e. The van der Waals surface area contributed by atoms with Crippen molar-refractivity contribution in [1.29, 1.82) is 0 Å². The first-order valence-electron chi connectivity index (χ1n) is 9.51. The topological polar surface area (TPSA) is 0 Å². The van der Waals surface area contributed by atoms with Crippen molar-refractivity contribution in [3.05, 3.63) is 112 Å². The van der Waals surface area contributed by atoms with Gasteiger partial charge in [0.25, 0.3) is 0 Å². The molecule has 1 aliphatic heterocycles. The molecule has 0 fully saturated rings. The molecular weight excluding hydrogens is 411 g/mol. The van der Waals surface area contributed by atoms with E-state index < -0.39 is 8.80 Å². The lowest BCUT2D eigenvalue weighted by Gasteiger charge is -2.22. The van der Waals surface area contributed by atoms with Gasteiger partial charge in [0.15, 0.2) is 8.80 Å². The fraction of sp³-hybridized carbons (Fsp3) is 0. The van der Waals surface area contributed by atoms with Crippen LogP contribution in [0.25, 0.3) is 23.3 Å². The van der Waals surface area contributed by atoms with Crippen LogP contribution in [0.4, 0.5) is 0 Å². The maximum Gasteiger partial charge on any atom is 0.157 e. The number of hydrogen-bond donors (Lipinski definition) is 0. The van der Waals surface area contributed by atoms with E-state index in [1.165, 1.54) is 26.7 Å². The monoisotopic (exact) mass is 427 g/mol. The zero-order valence-corrected chi connectivity index (χ0v) is 18.1. The average Bonchev–Trinajstić information content (AvgIpc) is 2.93. The lowest BCUT2D eigenvalue weighted by atomic mass is 10.1. The van der Waals surface area contributed by atoms with Crippen LogP contribution in [0, 0.1) is 0 Å². The Morgan fingerprint density at radius 2 is 1.00 bits per heavy atom. The molecule has 0 N–H and O–H groups in total. The highest BCUT2D eigenvalue weighted by atomic mass is 35.5. The van der Waals surface area contributed by atoms with Gasteiger partial charge >= 0.3 is 0 Å². The van der Waals surface area contributed by atoms with Gasteiger partial charge in [0.2, 0.25) is 0 Å². The molecule has 0 unspecified atom stereocenters. The Morgan fingerprint density at radius 3 is 1.62 bits per heavy atom. The van der Waals surface area contributed by atoms with Crippen molar-refractivity contribution in [2.24, 2.45) is 0 Å². The minimum atomic E-state index is -1.33. The standard InChI is InChI=1S/C26H17Cl2Si/c27-22-11-6-14-25-20(22)16-17-21-23(28)12-7-15-26(21)29(25)24-13-5-4-10-19(24)18-8-2-1-3-9-18/h1-17H. The first-order chi connectivity index (χ1) is 14.2. The molecule has 0 aromatic heterocycles. The SMILES string of the molecule is Clc1cccc2c1C=Cc1c(Cl)cccc1[Si]2c1ccccc1-c1ccccc1. The third-order valence-corrected chi connectivity index (χ3v) is 8.93. The molecule has 0 atom stereocenters. The van der Waals surface area contributed by atoms with Crippen molar-refractivity contribution in [1.82, 2.24) is 0 Å². The summed E-state index contributed by atoms with van der Waals surface area (Å²) in [5.74, 6) is 0. The molecule has 5 rings (SSSR count). The van der Waals surface area contributed by atoms with E-state index in [1.807, 2.05) is 12.1 Å². The zero-order chi connectivity index (χ0) is 19.8. The van der Waals surface area contributed by atoms with Crippen LogP contribution in [0.3, 0.4) is 0 Å². The Bertz CT molecular complexity index is 1170. The zero-order valence-electron chi connectivity index (χ0n) is 15.6. The molecule has 1 heterocycles. The molecule has 4 aromatic rings. The molecular formula is C26H17Cl2Si. The second-order valence-corrected chi connectivity index (χ2v) is 10.2. The van der Waals surface area contributed by atoms with E-state index in [0.29, 0.717) is 0 Å². The molecule has 1 aliphatic rings. The lowest BCUT2D eigenvalue weighted by Crippen LogP contribution is -2.54. The summed E-state index contributed by atoms with van der Waals surface area (Å²) in [5.41, 5.74) is 4.68. The van der Waals surface area contributed by atoms with Crippen LogP contribution in [0.5, 0.6) is 0 Å². The Hall–Kier alpha value is -2.58. The normalized spacial score (nSPS) is 12.9. The molecule has 139 valence electrons. The Morgan fingerprint density at radius 1 is 0.483 bits per heavy atom. The maximum atomic E-state index is 6.64. The van der Waals surface area contributed by atoms with Gasteiger partial charge in [0.1, 0.15) is 0 Å². The van der Waals surface area contributed by atoms with Gasteiger partial charge in [-0.1, -0.05) is 114 Å². The van der Waals surface area contributed by atoms with Crippen LogP contribution in [-0.2, 0) is 0 Å². The summed E-state index contributed by atoms with van der Waals surface area (Å²) in [7, 11) is -1.33. The maximum absolute atomic E-state index is 6.64. The van der Waals surface area contributed by atoms with Crippen LogP contribution in [-0.4, -0.2) is 8.80 Å². The van der Waals surface area contributed by atoms with Gasteiger partial charge in [0, 0.05) is 10.0 Å². The number of fused-ring (bicyclic) bond motifs is 2. The molecule has 1 radical (unpaired) electrons. The van der Waals surface area contributed by atoms with Crippen molar-refractivity contribution in [3.63, 3.8) is 0 Å². The third-order valence-electron chi connectivity index (χ3n) is 5.34. The van der Waals surface area contributed by atoms with E-state index in [-0.39, 0.29) is 0 Å². The average molecular weight is 428 g/mol. The second kappa shape index (κ2) is 7.68. The van der Waals surface area contributed by atoms with Crippen molar-refractivity contribution in [2.45, 2.75) is 0 Å². The Kier molecular flexibility index (Phi) is 4.89. The number of halogens is 2. The number of rotatable bonds is 2. The quantitative estimate of drug-likeness (QED) is 0.318. The van der Waals surface area contributed by atoms with E-state index >= 15 is 0 Å². The smallest absolute Gasteiger partial charge is 0.0837 e. The fourth-order valence-electron chi connectivity index (χ4n) is 4.02. The van der Waals surface area contributed by atoms with Crippen LogP contribution in [0.2, 0.25) is 10.0 Å². The molecule has 0 saturated heterocycles. The van der Waals surface area contributed by atoms with Gasteiger partial charge in [-0.25, -0.2) is 0 Å². The summed E-state index contributed by atoms with van der Waals surface area (Å²) in [6.07, 6.45) is 4.23. The molecule has 0 aliphatic carbocycles. The third kappa shape index (κ3) is 3.26. The summed E-state index contributed by atoms with van der Waals surface area (Å²) in [6.45, 7) is 0. The van der Waals surface area contributed by atoms with Crippen LogP contribution < -0.4 is 15.6 Å². The highest BCUT2D eigenvalue weighted by molar-refractivity contribution is 6.97. The van der Waals surface area contributed by atoms with E-state index in [1.54, 1.807) is 0 Å². The van der Waals surface area contributed by atoms with Gasteiger partial charge in [-0.05, 0) is 49.9 Å². The summed E-state index contributed by atoms with van der Waals surface area (Å²) in [4.78, 5) is 0. The van der Waals surface area contributed by atoms with Crippen molar-refractivity contribution in [2.75, 3.05) is 0 Å². The lowest BCUT2D eigenvalue weighted by molar-refractivity contribution is 1.64. The van der Waals surface area contributed by atoms with Gasteiger partial charge < -0.3 is 0 Å². The van der Waals surface area contributed by atoms with Gasteiger partial charge in [0.05, 0.1) is 0 Å². The van der Waals surface area contributed by atoms with Crippen LogP contribution in [0.1, 0.15) is 11.1 Å². The Labute approximate surface area is 182 Å². The molecule has 0 nitrogen and oxygen atoms in total. The molecule has 0 bridgehead atoms. The number of hydrogen-bond acceptors (Lipinski definition) is 0. The van der Waals surface area contributed by atoms with Crippen LogP contribution >= 0.6 is 23.2 Å². The highest BCUT2D eigenvalue weighted by Crippen LogP contribution is 2.25. The van der Waals surface area contributed by atoms with Gasteiger partial charge in [-0.15, -0.1) is 0 Å². The van der Waals surface area contributed by atoms with Crippen LogP contribution in [0.15, 0.2) is 91.0 Å². The van der Waals surface area contributed by atoms with Gasteiger partial charge in [-0.3, -0.25) is 0 Å². The van der Waals surface area contributed by atoms with E-state index in [9.17, 15) is 0 Å². The summed E-state index contributed by atoms with van der Waals surface area (Å²) in [6, 6.07) is 31.8. The minimum Gasteiger partial charge on any atom is -0.0837 e. The number of benzene rings is 4. The minimum absolute atomic E-state index is 0.780. The Balaban J connectivity index is 1.84. The summed E-state index contributed by atoms with van der Waals surface area (Å²) in [5, 5.41) is 5.50. The van der Waals surface area contributed by atoms with Gasteiger partial charge in [-0.2, -0.15) is 0 Å². The molecule has 0 amide bonds. The predicted octanol–water partition coefficient (Wildman–Crippen LogP) is 5.66. The van der Waals surface area contributed by atoms with E-state index in [4.69, 9.17) is 23.2 Å². The summed E-state index contributed by atoms with van der Waals surface area (Å²) < 4.78 is 0. The molecule has 4 aromatic carbocycles. The first-order valence-corrected chi connectivity index (χ1v) is 11.8. The van der Waals surface area contributed by atoms with Crippen molar-refractivity contribution in [3.8, 4) is 11.1 Å². The molecule has 3 heteroatoms. The van der Waals surface area contributed by atoms with Crippen molar-refractivity contribution < 1.29 is 0 Å². The predicted molar refractivity (Wildman–Crippen MR) is 128 cm³/mol. The molecule has 0 saturated carbocycles. The second-order valence-electron chi connectivity index (χ2n) is 7.02. The first kappa shape index (κ1) is 18.4.